The Morgan fingerprint density at radius 1 is 1.26 bits per heavy atom. The Morgan fingerprint density at radius 2 is 2.05 bits per heavy atom. The maximum Gasteiger partial charge on any atom is 0.0962 e. The van der Waals surface area contributed by atoms with Crippen molar-refractivity contribution in [3.8, 4) is 0 Å². The van der Waals surface area contributed by atoms with Gasteiger partial charge in [0.2, 0.25) is 0 Å². The summed E-state index contributed by atoms with van der Waals surface area (Å²) in [5.74, 6) is 2.19. The molecule has 0 aliphatic heterocycles. The highest BCUT2D eigenvalue weighted by molar-refractivity contribution is 7.11. The predicted octanol–water partition coefficient (Wildman–Crippen LogP) is 4.42. The summed E-state index contributed by atoms with van der Waals surface area (Å²) in [4.78, 5) is 6.50. The second kappa shape index (κ2) is 5.53. The Labute approximate surface area is 121 Å². The van der Waals surface area contributed by atoms with Crippen molar-refractivity contribution in [1.29, 1.82) is 0 Å². The molecule has 0 radical (unpaired) electrons. The maximum absolute atomic E-state index is 5.00. The van der Waals surface area contributed by atoms with Crippen LogP contribution < -0.4 is 5.32 Å². The van der Waals surface area contributed by atoms with Crippen LogP contribution in [0, 0.1) is 5.92 Å². The van der Waals surface area contributed by atoms with Gasteiger partial charge in [0.1, 0.15) is 0 Å². The zero-order valence-corrected chi connectivity index (χ0v) is 13.2. The standard InChI is InChI=1S/C16H26N2S/c1-10(2)15-14(9-17-13-6-7-13)19-16(18-15)12-5-4-11(3)8-12/h10-13,17H,4-9H2,1-3H3. The molecule has 2 aliphatic carbocycles. The van der Waals surface area contributed by atoms with Gasteiger partial charge in [0.05, 0.1) is 10.7 Å². The lowest BCUT2D eigenvalue weighted by Gasteiger charge is -2.05. The van der Waals surface area contributed by atoms with Gasteiger partial charge in [0.15, 0.2) is 0 Å². The molecule has 0 amide bonds. The smallest absolute Gasteiger partial charge is 0.0962 e. The molecule has 1 aromatic heterocycles. The third-order valence-electron chi connectivity index (χ3n) is 4.46. The van der Waals surface area contributed by atoms with E-state index in [1.165, 1.54) is 47.7 Å². The quantitative estimate of drug-likeness (QED) is 0.862. The average Bonchev–Trinajstić information content (AvgIpc) is 2.93. The van der Waals surface area contributed by atoms with E-state index >= 15 is 0 Å². The monoisotopic (exact) mass is 278 g/mol. The fraction of sp³-hybridized carbons (Fsp3) is 0.812. The summed E-state index contributed by atoms with van der Waals surface area (Å²) in [5.41, 5.74) is 1.35. The van der Waals surface area contributed by atoms with Crippen LogP contribution in [0.3, 0.4) is 0 Å². The van der Waals surface area contributed by atoms with Crippen LogP contribution in [-0.4, -0.2) is 11.0 Å². The van der Waals surface area contributed by atoms with Gasteiger partial charge in [-0.15, -0.1) is 11.3 Å². The Kier molecular flexibility index (Phi) is 3.95. The van der Waals surface area contributed by atoms with Crippen molar-refractivity contribution >= 4 is 11.3 Å². The van der Waals surface area contributed by atoms with Crippen molar-refractivity contribution in [2.24, 2.45) is 5.92 Å². The van der Waals surface area contributed by atoms with Crippen LogP contribution in [0.2, 0.25) is 0 Å². The molecule has 106 valence electrons. The van der Waals surface area contributed by atoms with Gasteiger partial charge in [-0.2, -0.15) is 0 Å². The Morgan fingerprint density at radius 3 is 2.63 bits per heavy atom. The normalized spacial score (nSPS) is 27.4. The van der Waals surface area contributed by atoms with Gasteiger partial charge in [-0.05, 0) is 37.5 Å². The third kappa shape index (κ3) is 3.19. The van der Waals surface area contributed by atoms with Gasteiger partial charge in [-0.25, -0.2) is 4.98 Å². The minimum atomic E-state index is 0.555. The highest BCUT2D eigenvalue weighted by atomic mass is 32.1. The minimum Gasteiger partial charge on any atom is -0.309 e. The van der Waals surface area contributed by atoms with Crippen LogP contribution in [0.1, 0.15) is 80.3 Å². The average molecular weight is 278 g/mol. The number of hydrogen-bond donors (Lipinski definition) is 1. The Hall–Kier alpha value is -0.410. The fourth-order valence-electron chi connectivity index (χ4n) is 3.09. The molecule has 1 aromatic rings. The number of aromatic nitrogens is 1. The molecule has 0 bridgehead atoms. The summed E-state index contributed by atoms with van der Waals surface area (Å²) in [5, 5.41) is 5.07. The second-order valence-electron chi connectivity index (χ2n) is 6.79. The summed E-state index contributed by atoms with van der Waals surface area (Å²) in [6.45, 7) is 7.97. The highest BCUT2D eigenvalue weighted by Gasteiger charge is 2.28. The summed E-state index contributed by atoms with van der Waals surface area (Å²) in [7, 11) is 0. The molecule has 2 unspecified atom stereocenters. The lowest BCUT2D eigenvalue weighted by molar-refractivity contribution is 0.594. The van der Waals surface area contributed by atoms with E-state index in [2.05, 4.69) is 26.1 Å². The summed E-state index contributed by atoms with van der Waals surface area (Å²) in [6, 6.07) is 0.789. The second-order valence-corrected chi connectivity index (χ2v) is 7.90. The van der Waals surface area contributed by atoms with Gasteiger partial charge < -0.3 is 5.32 Å². The van der Waals surface area contributed by atoms with Crippen LogP contribution in [0.25, 0.3) is 0 Å². The molecule has 0 spiro atoms. The van der Waals surface area contributed by atoms with E-state index in [1.54, 1.807) is 0 Å². The zero-order valence-electron chi connectivity index (χ0n) is 12.4. The minimum absolute atomic E-state index is 0.555. The molecule has 0 saturated heterocycles. The van der Waals surface area contributed by atoms with Crippen molar-refractivity contribution in [1.82, 2.24) is 10.3 Å². The number of nitrogens with zero attached hydrogens (tertiary/aromatic N) is 1. The van der Waals surface area contributed by atoms with E-state index < -0.39 is 0 Å². The van der Waals surface area contributed by atoms with Crippen molar-refractivity contribution in [2.45, 2.75) is 77.3 Å². The van der Waals surface area contributed by atoms with E-state index in [1.807, 2.05) is 11.3 Å². The van der Waals surface area contributed by atoms with Gasteiger partial charge in [0.25, 0.3) is 0 Å². The molecule has 2 saturated carbocycles. The topological polar surface area (TPSA) is 24.9 Å². The summed E-state index contributed by atoms with van der Waals surface area (Å²) >= 11 is 1.98. The molecular formula is C16H26N2S. The summed E-state index contributed by atoms with van der Waals surface area (Å²) in [6.07, 6.45) is 6.81. The number of thiazole rings is 1. The van der Waals surface area contributed by atoms with Gasteiger partial charge in [-0.1, -0.05) is 27.2 Å². The largest absolute Gasteiger partial charge is 0.309 e. The van der Waals surface area contributed by atoms with Crippen LogP contribution in [-0.2, 0) is 6.54 Å². The van der Waals surface area contributed by atoms with Crippen LogP contribution >= 0.6 is 11.3 Å². The summed E-state index contributed by atoms with van der Waals surface area (Å²) < 4.78 is 0. The third-order valence-corrected chi connectivity index (χ3v) is 5.70. The molecule has 2 atom stereocenters. The van der Waals surface area contributed by atoms with Gasteiger partial charge >= 0.3 is 0 Å². The first-order valence-corrected chi connectivity index (χ1v) is 8.68. The van der Waals surface area contributed by atoms with Gasteiger partial charge in [0, 0.05) is 23.4 Å². The lowest BCUT2D eigenvalue weighted by Crippen LogP contribution is -2.15. The van der Waals surface area contributed by atoms with Crippen molar-refractivity contribution in [3.05, 3.63) is 15.6 Å². The van der Waals surface area contributed by atoms with Crippen LogP contribution in [0.4, 0.5) is 0 Å². The molecule has 0 aromatic carbocycles. The fourth-order valence-corrected chi connectivity index (χ4v) is 4.41. The van der Waals surface area contributed by atoms with E-state index in [0.29, 0.717) is 5.92 Å². The molecule has 1 heterocycles. The number of hydrogen-bond acceptors (Lipinski definition) is 3. The molecule has 3 heteroatoms. The molecule has 19 heavy (non-hydrogen) atoms. The number of rotatable bonds is 5. The van der Waals surface area contributed by atoms with Crippen LogP contribution in [0.5, 0.6) is 0 Å². The molecule has 1 N–H and O–H groups in total. The maximum atomic E-state index is 5.00. The molecular weight excluding hydrogens is 252 g/mol. The van der Waals surface area contributed by atoms with Crippen molar-refractivity contribution in [3.63, 3.8) is 0 Å². The van der Waals surface area contributed by atoms with E-state index in [0.717, 1.165) is 24.4 Å². The predicted molar refractivity (Wildman–Crippen MR) is 81.8 cm³/mol. The first-order valence-electron chi connectivity index (χ1n) is 7.86. The molecule has 2 aliphatic rings. The van der Waals surface area contributed by atoms with Crippen molar-refractivity contribution < 1.29 is 0 Å². The van der Waals surface area contributed by atoms with Gasteiger partial charge in [-0.3, -0.25) is 0 Å². The molecule has 2 nitrogen and oxygen atoms in total. The molecule has 2 fully saturated rings. The number of nitrogens with one attached hydrogen (secondary N) is 1. The first-order chi connectivity index (χ1) is 9.13. The Balaban J connectivity index is 1.74. The van der Waals surface area contributed by atoms with E-state index in [4.69, 9.17) is 4.98 Å². The lowest BCUT2D eigenvalue weighted by atomic mass is 10.1. The Bertz CT molecular complexity index is 434. The first kappa shape index (κ1) is 13.6. The van der Waals surface area contributed by atoms with Crippen LogP contribution in [0.15, 0.2) is 0 Å². The molecule has 3 rings (SSSR count). The SMILES string of the molecule is CC1CCC(c2nc(C(C)C)c(CNC3CC3)s2)C1. The van der Waals surface area contributed by atoms with E-state index in [-0.39, 0.29) is 0 Å². The van der Waals surface area contributed by atoms with E-state index in [9.17, 15) is 0 Å². The highest BCUT2D eigenvalue weighted by Crippen LogP contribution is 2.41. The van der Waals surface area contributed by atoms with Crippen molar-refractivity contribution in [2.75, 3.05) is 0 Å². The zero-order chi connectivity index (χ0) is 13.4.